The van der Waals surface area contributed by atoms with Gasteiger partial charge in [-0.2, -0.15) is 26.3 Å². The maximum Gasteiger partial charge on any atom is 0.411 e. The summed E-state index contributed by atoms with van der Waals surface area (Å²) >= 11 is 0. The van der Waals surface area contributed by atoms with Crippen molar-refractivity contribution in [1.29, 1.82) is 0 Å². The van der Waals surface area contributed by atoms with Crippen LogP contribution in [0.25, 0.3) is 22.6 Å². The van der Waals surface area contributed by atoms with E-state index in [4.69, 9.17) is 9.15 Å². The van der Waals surface area contributed by atoms with E-state index < -0.39 is 40.5 Å². The lowest BCUT2D eigenvalue weighted by molar-refractivity contribution is -0.288. The number of hydrogen-bond acceptors (Lipinski definition) is 4. The fourth-order valence-corrected chi connectivity index (χ4v) is 5.59. The van der Waals surface area contributed by atoms with Crippen molar-refractivity contribution in [2.24, 2.45) is 5.41 Å². The van der Waals surface area contributed by atoms with Crippen LogP contribution in [0.1, 0.15) is 58.2 Å². The Morgan fingerprint density at radius 1 is 0.738 bits per heavy atom. The molecular formula is C32H32F6N2O2. The smallest absolute Gasteiger partial charge is 0.411 e. The standard InChI is InChI=1S/C32H32F6N2O2/c1-28(2,3)19-10-8-9-18(15-19)26-39-22-16-20(11-13-24(22)41-26)30(31(33,34)35,32(36,37)38)21-12-14-25-23(17-21)40(7)27(42-25)29(4,5)6/h8-17,27H,1-7H3. The van der Waals surface area contributed by atoms with Gasteiger partial charge < -0.3 is 14.1 Å². The molecule has 224 valence electrons. The summed E-state index contributed by atoms with van der Waals surface area (Å²) in [5.74, 6) is 0.316. The molecule has 0 fully saturated rings. The van der Waals surface area contributed by atoms with E-state index in [2.05, 4.69) is 4.98 Å². The van der Waals surface area contributed by atoms with Gasteiger partial charge in [0.05, 0.1) is 5.69 Å². The van der Waals surface area contributed by atoms with Gasteiger partial charge in [0.25, 0.3) is 0 Å². The second-order valence-corrected chi connectivity index (χ2v) is 12.9. The maximum absolute atomic E-state index is 15.0. The second-order valence-electron chi connectivity index (χ2n) is 12.9. The average Bonchev–Trinajstić information content (AvgIpc) is 3.43. The molecule has 0 amide bonds. The Labute approximate surface area is 240 Å². The van der Waals surface area contributed by atoms with E-state index in [0.717, 1.165) is 35.9 Å². The predicted molar refractivity (Wildman–Crippen MR) is 150 cm³/mol. The number of alkyl halides is 6. The van der Waals surface area contributed by atoms with Crippen LogP contribution in [-0.2, 0) is 10.8 Å². The molecule has 4 nitrogen and oxygen atoms in total. The zero-order chi connectivity index (χ0) is 31.0. The first kappa shape index (κ1) is 29.8. The first-order valence-corrected chi connectivity index (χ1v) is 13.4. The summed E-state index contributed by atoms with van der Waals surface area (Å²) in [4.78, 5) is 5.88. The number of ether oxygens (including phenoxy) is 1. The highest BCUT2D eigenvalue weighted by Crippen LogP contribution is 2.58. The van der Waals surface area contributed by atoms with Gasteiger partial charge in [-0.05, 0) is 58.5 Å². The Balaban J connectivity index is 1.69. The average molecular weight is 591 g/mol. The van der Waals surface area contributed by atoms with E-state index in [-0.39, 0.29) is 33.8 Å². The van der Waals surface area contributed by atoms with Gasteiger partial charge in [0.2, 0.25) is 11.3 Å². The number of hydrogen-bond donors (Lipinski definition) is 0. The van der Waals surface area contributed by atoms with Gasteiger partial charge in [-0.3, -0.25) is 0 Å². The van der Waals surface area contributed by atoms with Crippen LogP contribution in [0.4, 0.5) is 32.0 Å². The van der Waals surface area contributed by atoms with E-state index in [1.54, 1.807) is 24.1 Å². The third kappa shape index (κ3) is 4.68. The molecule has 0 radical (unpaired) electrons. The normalized spacial score (nSPS) is 16.6. The summed E-state index contributed by atoms with van der Waals surface area (Å²) in [7, 11) is 1.59. The molecule has 0 aliphatic carbocycles. The minimum absolute atomic E-state index is 0.0725. The quantitative estimate of drug-likeness (QED) is 0.223. The van der Waals surface area contributed by atoms with Gasteiger partial charge in [0.1, 0.15) is 11.3 Å². The Kier molecular flexibility index (Phi) is 6.67. The topological polar surface area (TPSA) is 38.5 Å². The Morgan fingerprint density at radius 3 is 1.95 bits per heavy atom. The first-order chi connectivity index (χ1) is 19.2. The molecule has 1 unspecified atom stereocenters. The zero-order valence-corrected chi connectivity index (χ0v) is 24.3. The molecule has 4 aromatic rings. The van der Waals surface area contributed by atoms with Crippen molar-refractivity contribution in [2.75, 3.05) is 11.9 Å². The summed E-state index contributed by atoms with van der Waals surface area (Å²) in [6, 6.07) is 13.0. The van der Waals surface area contributed by atoms with Crippen molar-refractivity contribution >= 4 is 16.8 Å². The van der Waals surface area contributed by atoms with Crippen molar-refractivity contribution in [1.82, 2.24) is 4.98 Å². The minimum atomic E-state index is -5.75. The summed E-state index contributed by atoms with van der Waals surface area (Å²) in [5.41, 5.74) is -5.33. The molecule has 5 rings (SSSR count). The van der Waals surface area contributed by atoms with E-state index >= 15 is 0 Å². The van der Waals surface area contributed by atoms with Crippen LogP contribution in [0.3, 0.4) is 0 Å². The number of fused-ring (bicyclic) bond motifs is 2. The molecule has 0 spiro atoms. The summed E-state index contributed by atoms with van der Waals surface area (Å²) in [6.45, 7) is 11.7. The molecule has 0 N–H and O–H groups in total. The summed E-state index contributed by atoms with van der Waals surface area (Å²) < 4.78 is 102. The second kappa shape index (κ2) is 9.41. The summed E-state index contributed by atoms with van der Waals surface area (Å²) in [5, 5.41) is 0. The van der Waals surface area contributed by atoms with E-state index in [0.29, 0.717) is 5.56 Å². The number of rotatable bonds is 3. The maximum atomic E-state index is 15.0. The lowest BCUT2D eigenvalue weighted by Gasteiger charge is -2.38. The molecule has 0 bridgehead atoms. The molecule has 42 heavy (non-hydrogen) atoms. The number of benzene rings is 3. The molecule has 1 atom stereocenters. The zero-order valence-electron chi connectivity index (χ0n) is 24.3. The van der Waals surface area contributed by atoms with Crippen molar-refractivity contribution < 1.29 is 35.5 Å². The number of oxazole rings is 1. The number of nitrogens with zero attached hydrogens (tertiary/aromatic N) is 2. The van der Waals surface area contributed by atoms with Crippen molar-refractivity contribution in [3.63, 3.8) is 0 Å². The number of anilines is 1. The van der Waals surface area contributed by atoms with Crippen LogP contribution >= 0.6 is 0 Å². The SMILES string of the molecule is CN1c2cc(C(c3ccc4oc(-c5cccc(C(C)(C)C)c5)nc4c3)(C(F)(F)F)C(F)(F)F)ccc2OC1C(C)(C)C. The van der Waals surface area contributed by atoms with E-state index in [9.17, 15) is 26.3 Å². The number of aromatic nitrogens is 1. The molecule has 1 aromatic heterocycles. The van der Waals surface area contributed by atoms with Crippen LogP contribution in [0.2, 0.25) is 0 Å². The van der Waals surface area contributed by atoms with Crippen molar-refractivity contribution in [2.45, 2.75) is 71.0 Å². The fraction of sp³-hybridized carbons (Fsp3) is 0.406. The lowest BCUT2D eigenvalue weighted by atomic mass is 9.72. The highest BCUT2D eigenvalue weighted by atomic mass is 19.4. The number of halogens is 6. The monoisotopic (exact) mass is 590 g/mol. The van der Waals surface area contributed by atoms with Crippen molar-refractivity contribution in [3.05, 3.63) is 77.4 Å². The third-order valence-corrected chi connectivity index (χ3v) is 7.75. The predicted octanol–water partition coefficient (Wildman–Crippen LogP) is 9.40. The Hall–Kier alpha value is -3.69. The highest BCUT2D eigenvalue weighted by molar-refractivity contribution is 5.78. The van der Waals surface area contributed by atoms with Crippen molar-refractivity contribution in [3.8, 4) is 17.2 Å². The van der Waals surface area contributed by atoms with Crippen LogP contribution < -0.4 is 9.64 Å². The molecule has 3 aromatic carbocycles. The van der Waals surface area contributed by atoms with Gasteiger partial charge in [0.15, 0.2) is 11.8 Å². The minimum Gasteiger partial charge on any atom is -0.468 e. The lowest BCUT2D eigenvalue weighted by Crippen LogP contribution is -2.54. The first-order valence-electron chi connectivity index (χ1n) is 13.4. The van der Waals surface area contributed by atoms with Gasteiger partial charge in [-0.15, -0.1) is 0 Å². The third-order valence-electron chi connectivity index (χ3n) is 7.75. The molecular weight excluding hydrogens is 558 g/mol. The van der Waals surface area contributed by atoms with Crippen LogP contribution in [0.15, 0.2) is 65.1 Å². The Morgan fingerprint density at radius 2 is 1.36 bits per heavy atom. The van der Waals surface area contributed by atoms with Gasteiger partial charge in [0, 0.05) is 18.0 Å². The molecule has 2 heterocycles. The molecule has 1 aliphatic rings. The largest absolute Gasteiger partial charge is 0.468 e. The van der Waals surface area contributed by atoms with Crippen LogP contribution in [0, 0.1) is 5.41 Å². The van der Waals surface area contributed by atoms with Gasteiger partial charge in [-0.25, -0.2) is 4.98 Å². The van der Waals surface area contributed by atoms with E-state index in [1.807, 2.05) is 53.7 Å². The Bertz CT molecular complexity index is 1630. The van der Waals surface area contributed by atoms with E-state index in [1.165, 1.54) is 6.07 Å². The molecule has 10 heteroatoms. The van der Waals surface area contributed by atoms with Gasteiger partial charge in [-0.1, -0.05) is 65.8 Å². The highest BCUT2D eigenvalue weighted by Gasteiger charge is 2.72. The fourth-order valence-electron chi connectivity index (χ4n) is 5.59. The van der Waals surface area contributed by atoms with Crippen LogP contribution in [0.5, 0.6) is 5.75 Å². The van der Waals surface area contributed by atoms with Crippen LogP contribution in [-0.4, -0.2) is 30.6 Å². The summed E-state index contributed by atoms with van der Waals surface area (Å²) in [6.07, 6.45) is -12.1. The molecule has 0 saturated heterocycles. The molecule has 1 aliphatic heterocycles. The van der Waals surface area contributed by atoms with Gasteiger partial charge >= 0.3 is 12.4 Å². The molecule has 0 saturated carbocycles.